The third-order valence-corrected chi connectivity index (χ3v) is 5.80. The fourth-order valence-corrected chi connectivity index (χ4v) is 4.46. The Balaban J connectivity index is 1.76. The third kappa shape index (κ3) is 3.84. The van der Waals surface area contributed by atoms with Crippen LogP contribution in [0.25, 0.3) is 0 Å². The van der Waals surface area contributed by atoms with Gasteiger partial charge in [-0.1, -0.05) is 0 Å². The zero-order chi connectivity index (χ0) is 18.2. The number of carbonyl (C=O) groups is 2. The number of carbonyl (C=O) groups excluding carboxylic acids is 2. The van der Waals surface area contributed by atoms with Crippen LogP contribution in [0.2, 0.25) is 0 Å². The summed E-state index contributed by atoms with van der Waals surface area (Å²) in [4.78, 5) is 24.2. The normalized spacial score (nSPS) is 22.6. The van der Waals surface area contributed by atoms with Gasteiger partial charge in [0.25, 0.3) is 5.91 Å². The molecule has 1 atom stereocenters. The minimum atomic E-state index is -3.20. The second-order valence-electron chi connectivity index (χ2n) is 5.92. The summed E-state index contributed by atoms with van der Waals surface area (Å²) in [6.07, 6.45) is 0.389. The molecule has 7 nitrogen and oxygen atoms in total. The summed E-state index contributed by atoms with van der Waals surface area (Å²) < 4.78 is 49.3. The van der Waals surface area contributed by atoms with Crippen molar-refractivity contribution in [2.24, 2.45) is 5.10 Å². The van der Waals surface area contributed by atoms with Gasteiger partial charge in [-0.25, -0.2) is 22.2 Å². The van der Waals surface area contributed by atoms with Gasteiger partial charge in [0.1, 0.15) is 5.71 Å². The van der Waals surface area contributed by atoms with Gasteiger partial charge >= 0.3 is 0 Å². The molecule has 1 N–H and O–H groups in total. The minimum Gasteiger partial charge on any atom is -0.321 e. The highest BCUT2D eigenvalue weighted by molar-refractivity contribution is 7.91. The van der Waals surface area contributed by atoms with Gasteiger partial charge in [0.2, 0.25) is 5.91 Å². The lowest BCUT2D eigenvalue weighted by atomic mass is 10.1. The van der Waals surface area contributed by atoms with E-state index < -0.39 is 33.4 Å². The molecule has 0 saturated carbocycles. The van der Waals surface area contributed by atoms with E-state index in [2.05, 4.69) is 10.4 Å². The molecule has 10 heteroatoms. The number of benzene rings is 1. The predicted molar refractivity (Wildman–Crippen MR) is 85.6 cm³/mol. The number of halogens is 2. The standard InChI is InChI=1S/C15H15F2N3O4S/c16-11-2-1-9(7-12(11)17)18-15(22)13-3-4-14(21)20(19-13)10-5-6-25(23,24)8-10/h1-2,7,10H,3-6,8H2,(H,18,22). The Kier molecular flexibility index (Phi) is 4.55. The van der Waals surface area contributed by atoms with E-state index in [0.717, 1.165) is 17.1 Å². The molecular weight excluding hydrogens is 356 g/mol. The summed E-state index contributed by atoms with van der Waals surface area (Å²) in [6.45, 7) is 0. The highest BCUT2D eigenvalue weighted by Gasteiger charge is 2.37. The predicted octanol–water partition coefficient (Wildman–Crippen LogP) is 1.07. The lowest BCUT2D eigenvalue weighted by Gasteiger charge is -2.27. The molecule has 0 spiro atoms. The van der Waals surface area contributed by atoms with Gasteiger partial charge in [-0.15, -0.1) is 0 Å². The summed E-state index contributed by atoms with van der Waals surface area (Å²) in [6, 6.07) is 2.34. The van der Waals surface area contributed by atoms with E-state index in [1.54, 1.807) is 0 Å². The van der Waals surface area contributed by atoms with Crippen LogP contribution in [-0.2, 0) is 19.4 Å². The van der Waals surface area contributed by atoms with Crippen molar-refractivity contribution in [1.82, 2.24) is 5.01 Å². The van der Waals surface area contributed by atoms with Crippen molar-refractivity contribution in [1.29, 1.82) is 0 Å². The quantitative estimate of drug-likeness (QED) is 0.860. The van der Waals surface area contributed by atoms with E-state index in [-0.39, 0.29) is 48.1 Å². The maximum Gasteiger partial charge on any atom is 0.271 e. The molecule has 2 amide bonds. The smallest absolute Gasteiger partial charge is 0.271 e. The van der Waals surface area contributed by atoms with Crippen LogP contribution in [0, 0.1) is 11.6 Å². The largest absolute Gasteiger partial charge is 0.321 e. The zero-order valence-electron chi connectivity index (χ0n) is 13.0. The van der Waals surface area contributed by atoms with E-state index in [9.17, 15) is 26.8 Å². The molecule has 0 aromatic heterocycles. The second-order valence-corrected chi connectivity index (χ2v) is 8.15. The molecule has 1 saturated heterocycles. The Morgan fingerprint density at radius 1 is 1.24 bits per heavy atom. The number of nitrogens with zero attached hydrogens (tertiary/aromatic N) is 2. The summed E-state index contributed by atoms with van der Waals surface area (Å²) >= 11 is 0. The Labute approximate surface area is 142 Å². The first-order valence-corrected chi connectivity index (χ1v) is 9.44. The highest BCUT2D eigenvalue weighted by atomic mass is 32.2. The van der Waals surface area contributed by atoms with Gasteiger partial charge in [0.15, 0.2) is 21.5 Å². The molecule has 134 valence electrons. The first-order valence-electron chi connectivity index (χ1n) is 7.61. The van der Waals surface area contributed by atoms with Crippen molar-refractivity contribution in [3.63, 3.8) is 0 Å². The van der Waals surface area contributed by atoms with Crippen LogP contribution in [0.1, 0.15) is 19.3 Å². The summed E-state index contributed by atoms with van der Waals surface area (Å²) in [5, 5.41) is 7.46. The number of anilines is 1. The number of nitrogens with one attached hydrogen (secondary N) is 1. The van der Waals surface area contributed by atoms with Crippen LogP contribution in [0.15, 0.2) is 23.3 Å². The molecule has 0 bridgehead atoms. The van der Waals surface area contributed by atoms with Gasteiger partial charge in [-0.2, -0.15) is 5.10 Å². The average molecular weight is 371 g/mol. The van der Waals surface area contributed by atoms with Crippen LogP contribution in [0.4, 0.5) is 14.5 Å². The Hall–Kier alpha value is -2.36. The van der Waals surface area contributed by atoms with Crippen LogP contribution < -0.4 is 5.32 Å². The first kappa shape index (κ1) is 17.5. The zero-order valence-corrected chi connectivity index (χ0v) is 13.9. The van der Waals surface area contributed by atoms with Gasteiger partial charge in [-0.3, -0.25) is 9.59 Å². The van der Waals surface area contributed by atoms with Gasteiger partial charge in [-0.05, 0) is 18.6 Å². The number of hydrogen-bond donors (Lipinski definition) is 1. The lowest BCUT2D eigenvalue weighted by Crippen LogP contribution is -2.42. The van der Waals surface area contributed by atoms with Crippen LogP contribution >= 0.6 is 0 Å². The maximum absolute atomic E-state index is 13.2. The average Bonchev–Trinajstić information content (AvgIpc) is 2.91. The molecule has 25 heavy (non-hydrogen) atoms. The molecule has 1 aromatic rings. The molecule has 1 aromatic carbocycles. The second kappa shape index (κ2) is 6.51. The fourth-order valence-electron chi connectivity index (χ4n) is 2.77. The Bertz CT molecular complexity index is 870. The minimum absolute atomic E-state index is 0.0205. The van der Waals surface area contributed by atoms with E-state index in [4.69, 9.17) is 0 Å². The fraction of sp³-hybridized carbons (Fsp3) is 0.400. The van der Waals surface area contributed by atoms with Crippen molar-refractivity contribution >= 4 is 33.1 Å². The van der Waals surface area contributed by atoms with Crippen molar-refractivity contribution in [2.75, 3.05) is 16.8 Å². The number of sulfone groups is 1. The molecule has 1 fully saturated rings. The van der Waals surface area contributed by atoms with E-state index >= 15 is 0 Å². The van der Waals surface area contributed by atoms with Crippen LogP contribution in [0.5, 0.6) is 0 Å². The third-order valence-electron chi connectivity index (χ3n) is 4.05. The van der Waals surface area contributed by atoms with Gasteiger partial charge in [0.05, 0.1) is 17.5 Å². The molecular formula is C15H15F2N3O4S. The molecule has 2 heterocycles. The van der Waals surface area contributed by atoms with Crippen molar-refractivity contribution in [2.45, 2.75) is 25.3 Å². The number of hydrogen-bond acceptors (Lipinski definition) is 5. The van der Waals surface area contributed by atoms with Gasteiger partial charge in [0, 0.05) is 24.6 Å². The molecule has 3 rings (SSSR count). The maximum atomic E-state index is 13.2. The number of hydrazone groups is 1. The first-order chi connectivity index (χ1) is 11.7. The summed E-state index contributed by atoms with van der Waals surface area (Å²) in [5.74, 6) is -3.33. The topological polar surface area (TPSA) is 95.9 Å². The van der Waals surface area contributed by atoms with Crippen LogP contribution in [0.3, 0.4) is 0 Å². The van der Waals surface area contributed by atoms with E-state index in [1.807, 2.05) is 0 Å². The van der Waals surface area contributed by atoms with Crippen molar-refractivity contribution in [3.05, 3.63) is 29.8 Å². The van der Waals surface area contributed by atoms with Gasteiger partial charge < -0.3 is 5.32 Å². The van der Waals surface area contributed by atoms with Crippen molar-refractivity contribution in [3.8, 4) is 0 Å². The Morgan fingerprint density at radius 3 is 2.64 bits per heavy atom. The van der Waals surface area contributed by atoms with E-state index in [1.165, 1.54) is 6.07 Å². The molecule has 0 aliphatic carbocycles. The van der Waals surface area contributed by atoms with E-state index in [0.29, 0.717) is 0 Å². The number of rotatable bonds is 3. The number of amides is 2. The summed E-state index contributed by atoms with van der Waals surface area (Å²) in [5.41, 5.74) is 0.0899. The SMILES string of the molecule is O=C(Nc1ccc(F)c(F)c1)C1=NN(C2CCS(=O)(=O)C2)C(=O)CC1. The lowest BCUT2D eigenvalue weighted by molar-refractivity contribution is -0.133. The van der Waals surface area contributed by atoms with Crippen LogP contribution in [-0.4, -0.2) is 48.5 Å². The molecule has 2 aliphatic rings. The molecule has 0 radical (unpaired) electrons. The van der Waals surface area contributed by atoms with Crippen molar-refractivity contribution < 1.29 is 26.8 Å². The summed E-state index contributed by atoms with van der Waals surface area (Å²) in [7, 11) is -3.20. The molecule has 2 aliphatic heterocycles. The monoisotopic (exact) mass is 371 g/mol. The Morgan fingerprint density at radius 2 is 2.00 bits per heavy atom. The highest BCUT2D eigenvalue weighted by Crippen LogP contribution is 2.22. The molecule has 1 unspecified atom stereocenters.